The molecule has 0 bridgehead atoms. The second kappa shape index (κ2) is 10.4. The van der Waals surface area contributed by atoms with E-state index < -0.39 is 0 Å². The van der Waals surface area contributed by atoms with E-state index in [9.17, 15) is 5.26 Å². The molecular weight excluding hydrogens is 311 g/mol. The van der Waals surface area contributed by atoms with Gasteiger partial charge in [0.05, 0.1) is 12.0 Å². The predicted octanol–water partition coefficient (Wildman–Crippen LogP) is -0.592. The van der Waals surface area contributed by atoms with E-state index in [0.717, 1.165) is 28.0 Å². The van der Waals surface area contributed by atoms with Crippen molar-refractivity contribution < 1.29 is 44.2 Å². The fraction of sp³-hybridized carbons (Fsp3) is 0.250. The minimum atomic E-state index is 0. The first-order chi connectivity index (χ1) is 6.86. The summed E-state index contributed by atoms with van der Waals surface area (Å²) in [5, 5.41) is 13.8. The van der Waals surface area contributed by atoms with Crippen LogP contribution in [0.15, 0.2) is 34.1 Å². The van der Waals surface area contributed by atoms with Gasteiger partial charge in [-0.1, -0.05) is 15.9 Å². The van der Waals surface area contributed by atoms with E-state index in [0.29, 0.717) is 0 Å². The van der Waals surface area contributed by atoms with Crippen LogP contribution >= 0.6 is 39.7 Å². The van der Waals surface area contributed by atoms with Gasteiger partial charge in [0.25, 0.3) is 0 Å². The number of benzene rings is 1. The summed E-state index contributed by atoms with van der Waals surface area (Å²) in [4.78, 5) is 2.03. The molecule has 0 saturated heterocycles. The van der Waals surface area contributed by atoms with Crippen LogP contribution < -0.4 is 34.8 Å². The van der Waals surface area contributed by atoms with E-state index in [1.54, 1.807) is 11.8 Å². The standard InChI is InChI=1S/C8H9BrO3S2.Na/c9-5-6-13-7-1-3-8(4-2-7)14-12-11-10;/h1-4,10H,5-6H2;/q;+1/p-1. The second-order valence-electron chi connectivity index (χ2n) is 2.23. The zero-order valence-corrected chi connectivity index (χ0v) is 13.4. The van der Waals surface area contributed by atoms with Gasteiger partial charge in [-0.05, 0) is 24.3 Å². The minimum Gasteiger partial charge on any atom is -0.691 e. The van der Waals surface area contributed by atoms with Crippen LogP contribution in [-0.4, -0.2) is 11.1 Å². The van der Waals surface area contributed by atoms with E-state index in [4.69, 9.17) is 0 Å². The summed E-state index contributed by atoms with van der Waals surface area (Å²) >= 11 is 6.02. The molecular formula is C8H8BrNaO3S2. The predicted molar refractivity (Wildman–Crippen MR) is 59.0 cm³/mol. The summed E-state index contributed by atoms with van der Waals surface area (Å²) in [5.74, 6) is 1.03. The van der Waals surface area contributed by atoms with Gasteiger partial charge in [0.2, 0.25) is 0 Å². The van der Waals surface area contributed by atoms with Gasteiger partial charge in [-0.25, -0.2) is 0 Å². The van der Waals surface area contributed by atoms with E-state index in [2.05, 4.69) is 25.3 Å². The summed E-state index contributed by atoms with van der Waals surface area (Å²) in [6, 6.07) is 7.70. The van der Waals surface area contributed by atoms with Gasteiger partial charge in [-0.15, -0.1) is 11.8 Å². The Hall–Kier alpha value is 1.28. The Labute approximate surface area is 128 Å². The average Bonchev–Trinajstić information content (AvgIpc) is 2.25. The van der Waals surface area contributed by atoms with Crippen LogP contribution in [0.4, 0.5) is 0 Å². The third-order valence-electron chi connectivity index (χ3n) is 1.33. The third-order valence-corrected chi connectivity index (χ3v) is 3.85. The van der Waals surface area contributed by atoms with Crippen LogP contribution in [0, 0.1) is 0 Å². The van der Waals surface area contributed by atoms with Crippen LogP contribution in [0.2, 0.25) is 0 Å². The van der Waals surface area contributed by atoms with Crippen molar-refractivity contribution >= 4 is 39.7 Å². The van der Waals surface area contributed by atoms with Gasteiger partial charge in [-0.2, -0.15) is 4.33 Å². The molecule has 0 aromatic heterocycles. The fourth-order valence-corrected chi connectivity index (χ4v) is 2.28. The van der Waals surface area contributed by atoms with Gasteiger partial charge in [0.1, 0.15) is 0 Å². The van der Waals surface area contributed by atoms with Crippen molar-refractivity contribution in [2.75, 3.05) is 11.1 Å². The molecule has 0 aliphatic rings. The maximum absolute atomic E-state index is 9.56. The molecule has 1 rings (SSSR count). The molecule has 3 nitrogen and oxygen atoms in total. The van der Waals surface area contributed by atoms with Crippen molar-refractivity contribution in [2.24, 2.45) is 0 Å². The topological polar surface area (TPSA) is 41.5 Å². The van der Waals surface area contributed by atoms with E-state index in [1.807, 2.05) is 24.3 Å². The molecule has 7 heteroatoms. The third kappa shape index (κ3) is 7.25. The Morgan fingerprint density at radius 1 is 1.20 bits per heavy atom. The van der Waals surface area contributed by atoms with Crippen molar-refractivity contribution in [2.45, 2.75) is 9.79 Å². The Balaban J connectivity index is 0.00000196. The van der Waals surface area contributed by atoms with Gasteiger partial charge in [-0.3, -0.25) is 5.04 Å². The molecule has 0 atom stereocenters. The molecule has 0 spiro atoms. The van der Waals surface area contributed by atoms with Crippen molar-refractivity contribution in [3.05, 3.63) is 24.3 Å². The summed E-state index contributed by atoms with van der Waals surface area (Å²) in [7, 11) is 0. The molecule has 0 fully saturated rings. The number of alkyl halides is 1. The fourth-order valence-electron chi connectivity index (χ4n) is 0.801. The first-order valence-electron chi connectivity index (χ1n) is 3.79. The number of thioether (sulfide) groups is 1. The Morgan fingerprint density at radius 2 is 1.80 bits per heavy atom. The van der Waals surface area contributed by atoms with Gasteiger partial charge < -0.3 is 5.26 Å². The second-order valence-corrected chi connectivity index (χ2v) is 4.96. The first kappa shape index (κ1) is 16.3. The van der Waals surface area contributed by atoms with Gasteiger partial charge in [0, 0.05) is 20.9 Å². The van der Waals surface area contributed by atoms with Crippen LogP contribution in [0.25, 0.3) is 0 Å². The molecule has 78 valence electrons. The number of rotatable bonds is 6. The summed E-state index contributed by atoms with van der Waals surface area (Å²) in [5.41, 5.74) is 0. The molecule has 0 unspecified atom stereocenters. The molecule has 0 N–H and O–H groups in total. The number of hydrogen-bond donors (Lipinski definition) is 0. The summed E-state index contributed by atoms with van der Waals surface area (Å²) < 4.78 is 4.19. The molecule has 1 aromatic rings. The molecule has 0 amide bonds. The molecule has 0 saturated carbocycles. The zero-order valence-electron chi connectivity index (χ0n) is 8.14. The van der Waals surface area contributed by atoms with Gasteiger partial charge >= 0.3 is 29.6 Å². The van der Waals surface area contributed by atoms with Crippen molar-refractivity contribution in [3.63, 3.8) is 0 Å². The molecule has 0 aliphatic heterocycles. The molecule has 15 heavy (non-hydrogen) atoms. The Bertz CT molecular complexity index is 234. The van der Waals surface area contributed by atoms with Crippen LogP contribution in [-0.2, 0) is 9.37 Å². The zero-order chi connectivity index (χ0) is 10.2. The first-order valence-corrected chi connectivity index (χ1v) is 6.63. The average molecular weight is 319 g/mol. The maximum atomic E-state index is 9.56. The Morgan fingerprint density at radius 3 is 2.33 bits per heavy atom. The van der Waals surface area contributed by atoms with Gasteiger partial charge in [0.15, 0.2) is 0 Å². The van der Waals surface area contributed by atoms with Crippen molar-refractivity contribution in [3.8, 4) is 0 Å². The smallest absolute Gasteiger partial charge is 0.691 e. The number of halogens is 1. The minimum absolute atomic E-state index is 0. The van der Waals surface area contributed by atoms with Crippen LogP contribution in [0.5, 0.6) is 0 Å². The van der Waals surface area contributed by atoms with E-state index >= 15 is 0 Å². The Kier molecular flexibility index (Phi) is 11.3. The quantitative estimate of drug-likeness (QED) is 0.175. The summed E-state index contributed by atoms with van der Waals surface area (Å²) in [6.07, 6.45) is 0. The maximum Gasteiger partial charge on any atom is 1.00 e. The molecule has 0 aliphatic carbocycles. The monoisotopic (exact) mass is 318 g/mol. The van der Waals surface area contributed by atoms with Crippen LogP contribution in [0.3, 0.4) is 0 Å². The number of hydrogen-bond acceptors (Lipinski definition) is 5. The SMILES string of the molecule is [Na+].[O-]OOSc1ccc(SCCBr)cc1. The van der Waals surface area contributed by atoms with Crippen molar-refractivity contribution in [1.29, 1.82) is 0 Å². The molecule has 0 radical (unpaired) electrons. The largest absolute Gasteiger partial charge is 1.00 e. The van der Waals surface area contributed by atoms with E-state index in [-0.39, 0.29) is 29.6 Å². The summed E-state index contributed by atoms with van der Waals surface area (Å²) in [6.45, 7) is 0. The van der Waals surface area contributed by atoms with Crippen LogP contribution in [0.1, 0.15) is 0 Å². The van der Waals surface area contributed by atoms with E-state index in [1.165, 1.54) is 4.90 Å². The molecule has 1 aromatic carbocycles. The van der Waals surface area contributed by atoms with Crippen molar-refractivity contribution in [1.82, 2.24) is 0 Å². The normalized spacial score (nSPS) is 9.73. The molecule has 0 heterocycles.